The minimum Gasteiger partial charge on any atom is -0.277 e. The summed E-state index contributed by atoms with van der Waals surface area (Å²) in [6, 6.07) is 12.3. The van der Waals surface area contributed by atoms with Crippen molar-refractivity contribution in [1.82, 2.24) is 0 Å². The lowest BCUT2D eigenvalue weighted by molar-refractivity contribution is -0.137. The fourth-order valence-corrected chi connectivity index (χ4v) is 2.10. The van der Waals surface area contributed by atoms with Gasteiger partial charge in [-0.05, 0) is 35.7 Å². The highest BCUT2D eigenvalue weighted by molar-refractivity contribution is 6.69. The first-order valence-corrected chi connectivity index (χ1v) is 7.42. The highest BCUT2D eigenvalue weighted by atomic mass is 35.5. The van der Waals surface area contributed by atoms with Gasteiger partial charge in [-0.25, -0.2) is 0 Å². The van der Waals surface area contributed by atoms with E-state index < -0.39 is 11.7 Å². The van der Waals surface area contributed by atoms with Crippen molar-refractivity contribution < 1.29 is 13.2 Å². The Bertz CT molecular complexity index is 692. The minimum atomic E-state index is -4.41. The maximum Gasteiger partial charge on any atom is 0.416 e. The van der Waals surface area contributed by atoms with Crippen molar-refractivity contribution in [3.05, 3.63) is 65.2 Å². The molecular formula is C17H16ClF3N2. The van der Waals surface area contributed by atoms with Gasteiger partial charge in [-0.15, -0.1) is 0 Å². The molecule has 0 spiro atoms. The standard InChI is InChI=1S/C17H16ClF3N2/c1-11(2)12-6-8-15(9-7-12)22-23-16(18)13-4-3-5-14(10-13)17(19,20)21/h3-11,22H,1-2H3. The van der Waals surface area contributed by atoms with Crippen molar-refractivity contribution in [3.63, 3.8) is 0 Å². The van der Waals surface area contributed by atoms with Gasteiger partial charge in [0.1, 0.15) is 0 Å². The SMILES string of the molecule is CC(C)c1ccc(NN=C(Cl)c2cccc(C(F)(F)F)c2)cc1. The number of anilines is 1. The van der Waals surface area contributed by atoms with Crippen molar-refractivity contribution in [2.24, 2.45) is 5.10 Å². The van der Waals surface area contributed by atoms with Crippen LogP contribution in [0.15, 0.2) is 53.6 Å². The van der Waals surface area contributed by atoms with Crippen LogP contribution >= 0.6 is 11.6 Å². The Balaban J connectivity index is 2.14. The van der Waals surface area contributed by atoms with E-state index in [-0.39, 0.29) is 10.7 Å². The smallest absolute Gasteiger partial charge is 0.277 e. The average molecular weight is 341 g/mol. The Morgan fingerprint density at radius 3 is 2.30 bits per heavy atom. The second kappa shape index (κ2) is 7.04. The van der Waals surface area contributed by atoms with Gasteiger partial charge in [-0.3, -0.25) is 5.43 Å². The molecule has 0 aromatic heterocycles. The summed E-state index contributed by atoms with van der Waals surface area (Å²) in [6.45, 7) is 4.18. The van der Waals surface area contributed by atoms with Crippen molar-refractivity contribution in [2.75, 3.05) is 5.43 Å². The summed E-state index contributed by atoms with van der Waals surface area (Å²) in [6.07, 6.45) is -4.41. The number of hydrogen-bond donors (Lipinski definition) is 1. The molecule has 23 heavy (non-hydrogen) atoms. The zero-order valence-corrected chi connectivity index (χ0v) is 13.4. The van der Waals surface area contributed by atoms with Gasteiger partial charge >= 0.3 is 6.18 Å². The third kappa shape index (κ3) is 4.73. The van der Waals surface area contributed by atoms with E-state index in [1.165, 1.54) is 17.7 Å². The summed E-state index contributed by atoms with van der Waals surface area (Å²) in [5.41, 5.74) is 4.08. The van der Waals surface area contributed by atoms with E-state index in [0.29, 0.717) is 11.6 Å². The topological polar surface area (TPSA) is 24.4 Å². The van der Waals surface area contributed by atoms with Gasteiger partial charge in [0.15, 0.2) is 5.17 Å². The monoisotopic (exact) mass is 340 g/mol. The maximum atomic E-state index is 12.7. The molecular weight excluding hydrogens is 325 g/mol. The van der Waals surface area contributed by atoms with E-state index in [2.05, 4.69) is 24.4 Å². The largest absolute Gasteiger partial charge is 0.416 e. The van der Waals surface area contributed by atoms with Gasteiger partial charge < -0.3 is 0 Å². The van der Waals surface area contributed by atoms with Gasteiger partial charge in [0.25, 0.3) is 0 Å². The van der Waals surface area contributed by atoms with Crippen molar-refractivity contribution >= 4 is 22.5 Å². The lowest BCUT2D eigenvalue weighted by Crippen LogP contribution is -2.06. The van der Waals surface area contributed by atoms with Crippen molar-refractivity contribution in [3.8, 4) is 0 Å². The van der Waals surface area contributed by atoms with Crippen LogP contribution in [0.2, 0.25) is 0 Å². The van der Waals surface area contributed by atoms with Gasteiger partial charge in [0.2, 0.25) is 0 Å². The molecule has 0 bridgehead atoms. The zero-order valence-electron chi connectivity index (χ0n) is 12.7. The predicted octanol–water partition coefficient (Wildman–Crippen LogP) is 5.84. The van der Waals surface area contributed by atoms with Gasteiger partial charge in [0.05, 0.1) is 11.3 Å². The fourth-order valence-electron chi connectivity index (χ4n) is 1.94. The number of alkyl halides is 3. The zero-order chi connectivity index (χ0) is 17.0. The Morgan fingerprint density at radius 2 is 1.74 bits per heavy atom. The third-order valence-electron chi connectivity index (χ3n) is 3.29. The highest BCUT2D eigenvalue weighted by Gasteiger charge is 2.30. The second-order valence-corrected chi connectivity index (χ2v) is 5.73. The molecule has 122 valence electrons. The quantitative estimate of drug-likeness (QED) is 0.548. The second-order valence-electron chi connectivity index (χ2n) is 5.37. The van der Waals surface area contributed by atoms with E-state index in [0.717, 1.165) is 12.1 Å². The summed E-state index contributed by atoms with van der Waals surface area (Å²) in [5.74, 6) is 0.418. The van der Waals surface area contributed by atoms with Crippen LogP contribution < -0.4 is 5.43 Å². The molecule has 2 aromatic carbocycles. The molecule has 6 heteroatoms. The van der Waals surface area contributed by atoms with Gasteiger partial charge in [0, 0.05) is 5.56 Å². The van der Waals surface area contributed by atoms with Crippen LogP contribution in [0, 0.1) is 0 Å². The number of halogens is 4. The van der Waals surface area contributed by atoms with Crippen LogP contribution in [0.1, 0.15) is 36.5 Å². The molecule has 0 aliphatic carbocycles. The van der Waals surface area contributed by atoms with Crippen LogP contribution in [0.4, 0.5) is 18.9 Å². The normalized spacial score (nSPS) is 12.6. The van der Waals surface area contributed by atoms with Gasteiger partial charge in [-0.1, -0.05) is 49.7 Å². The first kappa shape index (κ1) is 17.3. The van der Waals surface area contributed by atoms with E-state index in [1.54, 1.807) is 0 Å². The Labute approximate surface area is 138 Å². The first-order valence-electron chi connectivity index (χ1n) is 7.04. The summed E-state index contributed by atoms with van der Waals surface area (Å²) < 4.78 is 38.1. The number of nitrogens with zero attached hydrogens (tertiary/aromatic N) is 1. The molecule has 2 rings (SSSR count). The molecule has 0 aliphatic rings. The van der Waals surface area contributed by atoms with Crippen molar-refractivity contribution in [2.45, 2.75) is 25.9 Å². The molecule has 0 fully saturated rings. The van der Waals surface area contributed by atoms with Crippen molar-refractivity contribution in [1.29, 1.82) is 0 Å². The van der Waals surface area contributed by atoms with Crippen LogP contribution in [0.25, 0.3) is 0 Å². The summed E-state index contributed by atoms with van der Waals surface area (Å²) in [5, 5.41) is 3.89. The molecule has 0 atom stereocenters. The molecule has 0 aliphatic heterocycles. The molecule has 2 nitrogen and oxygen atoms in total. The lowest BCUT2D eigenvalue weighted by Gasteiger charge is -2.08. The molecule has 1 N–H and O–H groups in total. The maximum absolute atomic E-state index is 12.7. The molecule has 0 heterocycles. The lowest BCUT2D eigenvalue weighted by atomic mass is 10.0. The van der Waals surface area contributed by atoms with E-state index in [9.17, 15) is 13.2 Å². The fraction of sp³-hybridized carbons (Fsp3) is 0.235. The number of hydrogen-bond acceptors (Lipinski definition) is 2. The van der Waals surface area contributed by atoms with E-state index in [1.807, 2.05) is 24.3 Å². The number of rotatable bonds is 4. The molecule has 0 unspecified atom stereocenters. The van der Waals surface area contributed by atoms with Crippen LogP contribution in [0.3, 0.4) is 0 Å². The Kier molecular flexibility index (Phi) is 5.31. The van der Waals surface area contributed by atoms with Crippen LogP contribution in [-0.2, 0) is 6.18 Å². The third-order valence-corrected chi connectivity index (χ3v) is 3.59. The summed E-state index contributed by atoms with van der Waals surface area (Å²) in [4.78, 5) is 0. The summed E-state index contributed by atoms with van der Waals surface area (Å²) in [7, 11) is 0. The Hall–Kier alpha value is -2.01. The minimum absolute atomic E-state index is 0.0379. The molecule has 2 aromatic rings. The summed E-state index contributed by atoms with van der Waals surface area (Å²) >= 11 is 5.98. The molecule has 0 radical (unpaired) electrons. The number of benzene rings is 2. The predicted molar refractivity (Wildman–Crippen MR) is 88.0 cm³/mol. The van der Waals surface area contributed by atoms with Crippen LogP contribution in [0.5, 0.6) is 0 Å². The van der Waals surface area contributed by atoms with E-state index >= 15 is 0 Å². The average Bonchev–Trinajstić information content (AvgIpc) is 2.52. The molecule has 0 saturated carbocycles. The molecule has 0 saturated heterocycles. The number of nitrogens with one attached hydrogen (secondary N) is 1. The van der Waals surface area contributed by atoms with E-state index in [4.69, 9.17) is 11.6 Å². The van der Waals surface area contributed by atoms with Gasteiger partial charge in [-0.2, -0.15) is 18.3 Å². The molecule has 0 amide bonds. The highest BCUT2D eigenvalue weighted by Crippen LogP contribution is 2.29. The first-order chi connectivity index (χ1) is 10.8. The van der Waals surface area contributed by atoms with Crippen LogP contribution in [-0.4, -0.2) is 5.17 Å². The Morgan fingerprint density at radius 1 is 1.09 bits per heavy atom. The number of hydrazone groups is 1.